The van der Waals surface area contributed by atoms with Crippen LogP contribution in [0.15, 0.2) is 48.5 Å². The molecular weight excluding hydrogens is 301 g/mol. The van der Waals surface area contributed by atoms with Gasteiger partial charge in [0.05, 0.1) is 6.42 Å². The molecule has 1 fully saturated rings. The highest BCUT2D eigenvalue weighted by Gasteiger charge is 2.32. The lowest BCUT2D eigenvalue weighted by molar-refractivity contribution is -0.131. The van der Waals surface area contributed by atoms with E-state index in [2.05, 4.69) is 0 Å². The summed E-state index contributed by atoms with van der Waals surface area (Å²) in [6.07, 6.45) is 2.32. The molecular formula is C18H17ClFNO. The molecule has 114 valence electrons. The smallest absolute Gasteiger partial charge is 0.227 e. The number of rotatable bonds is 5. The first-order chi connectivity index (χ1) is 10.6. The summed E-state index contributed by atoms with van der Waals surface area (Å²) in [5.74, 6) is -0.222. The van der Waals surface area contributed by atoms with Gasteiger partial charge in [-0.2, -0.15) is 0 Å². The van der Waals surface area contributed by atoms with E-state index in [9.17, 15) is 9.18 Å². The standard InChI is InChI=1S/C18H17ClFNO/c19-15-7-5-13(6-8-15)11-18(22)21(16-9-10-16)12-14-3-1-2-4-17(14)20/h1-8,16H,9-12H2. The Labute approximate surface area is 134 Å². The number of nitrogens with zero attached hydrogens (tertiary/aromatic N) is 1. The van der Waals surface area contributed by atoms with Gasteiger partial charge in [-0.05, 0) is 36.6 Å². The van der Waals surface area contributed by atoms with Crippen LogP contribution in [0.4, 0.5) is 4.39 Å². The maximum atomic E-state index is 13.8. The summed E-state index contributed by atoms with van der Waals surface area (Å²) < 4.78 is 13.8. The van der Waals surface area contributed by atoms with E-state index in [1.54, 1.807) is 35.2 Å². The van der Waals surface area contributed by atoms with Crippen LogP contribution in [-0.2, 0) is 17.8 Å². The van der Waals surface area contributed by atoms with Gasteiger partial charge in [-0.1, -0.05) is 41.9 Å². The maximum absolute atomic E-state index is 13.8. The Balaban J connectivity index is 1.72. The van der Waals surface area contributed by atoms with Crippen molar-refractivity contribution in [2.45, 2.75) is 31.8 Å². The van der Waals surface area contributed by atoms with Gasteiger partial charge in [0.2, 0.25) is 5.91 Å². The summed E-state index contributed by atoms with van der Waals surface area (Å²) in [5, 5.41) is 0.654. The van der Waals surface area contributed by atoms with Crippen LogP contribution < -0.4 is 0 Å². The van der Waals surface area contributed by atoms with Crippen molar-refractivity contribution in [2.24, 2.45) is 0 Å². The molecule has 0 spiro atoms. The first-order valence-electron chi connectivity index (χ1n) is 7.41. The van der Waals surface area contributed by atoms with Gasteiger partial charge in [0.1, 0.15) is 5.82 Å². The number of benzene rings is 2. The molecule has 0 radical (unpaired) electrons. The SMILES string of the molecule is O=C(Cc1ccc(Cl)cc1)N(Cc1ccccc1F)C1CC1. The monoisotopic (exact) mass is 317 g/mol. The summed E-state index contributed by atoms with van der Waals surface area (Å²) in [4.78, 5) is 14.4. The molecule has 1 amide bonds. The van der Waals surface area contributed by atoms with E-state index in [1.807, 2.05) is 12.1 Å². The lowest BCUT2D eigenvalue weighted by atomic mass is 10.1. The van der Waals surface area contributed by atoms with E-state index in [0.717, 1.165) is 18.4 Å². The summed E-state index contributed by atoms with van der Waals surface area (Å²) in [6, 6.07) is 14.2. The van der Waals surface area contributed by atoms with Crippen LogP contribution in [0.1, 0.15) is 24.0 Å². The predicted molar refractivity (Wildman–Crippen MR) is 85.1 cm³/mol. The lowest BCUT2D eigenvalue weighted by Gasteiger charge is -2.23. The van der Waals surface area contributed by atoms with Crippen LogP contribution in [0.5, 0.6) is 0 Å². The highest BCUT2D eigenvalue weighted by atomic mass is 35.5. The second kappa shape index (κ2) is 6.49. The minimum absolute atomic E-state index is 0.0353. The third-order valence-corrected chi connectivity index (χ3v) is 4.13. The molecule has 2 aromatic rings. The molecule has 0 heterocycles. The van der Waals surface area contributed by atoms with Crippen LogP contribution in [-0.4, -0.2) is 16.8 Å². The predicted octanol–water partition coefficient (Wildman–Crippen LogP) is 4.21. The molecule has 0 aliphatic heterocycles. The highest BCUT2D eigenvalue weighted by molar-refractivity contribution is 6.30. The molecule has 1 saturated carbocycles. The van der Waals surface area contributed by atoms with Crippen molar-refractivity contribution in [1.29, 1.82) is 0 Å². The van der Waals surface area contributed by atoms with E-state index in [1.165, 1.54) is 6.07 Å². The number of hydrogen-bond donors (Lipinski definition) is 0. The number of amides is 1. The molecule has 1 aliphatic rings. The van der Waals surface area contributed by atoms with Crippen molar-refractivity contribution in [3.05, 3.63) is 70.5 Å². The lowest BCUT2D eigenvalue weighted by Crippen LogP contribution is -2.34. The van der Waals surface area contributed by atoms with Gasteiger partial charge in [-0.3, -0.25) is 4.79 Å². The van der Waals surface area contributed by atoms with Gasteiger partial charge in [-0.25, -0.2) is 4.39 Å². The molecule has 0 saturated heterocycles. The van der Waals surface area contributed by atoms with Gasteiger partial charge in [-0.15, -0.1) is 0 Å². The first-order valence-corrected chi connectivity index (χ1v) is 7.78. The minimum atomic E-state index is -0.257. The third kappa shape index (κ3) is 3.66. The summed E-state index contributed by atoms with van der Waals surface area (Å²) in [6.45, 7) is 0.337. The summed E-state index contributed by atoms with van der Waals surface area (Å²) in [7, 11) is 0. The number of halogens is 2. The fourth-order valence-corrected chi connectivity index (χ4v) is 2.62. The molecule has 0 aromatic heterocycles. The van der Waals surface area contributed by atoms with E-state index in [4.69, 9.17) is 11.6 Å². The molecule has 2 aromatic carbocycles. The Morgan fingerprint density at radius 1 is 1.14 bits per heavy atom. The average molecular weight is 318 g/mol. The normalized spacial score (nSPS) is 13.9. The number of carbonyl (C=O) groups excluding carboxylic acids is 1. The zero-order valence-corrected chi connectivity index (χ0v) is 12.9. The Morgan fingerprint density at radius 3 is 2.45 bits per heavy atom. The van der Waals surface area contributed by atoms with Gasteiger partial charge >= 0.3 is 0 Å². The van der Waals surface area contributed by atoms with Crippen LogP contribution in [0.2, 0.25) is 5.02 Å². The van der Waals surface area contributed by atoms with Gasteiger partial charge in [0, 0.05) is 23.2 Å². The zero-order valence-electron chi connectivity index (χ0n) is 12.1. The molecule has 0 N–H and O–H groups in total. The van der Waals surface area contributed by atoms with Gasteiger partial charge in [0.15, 0.2) is 0 Å². The van der Waals surface area contributed by atoms with E-state index in [0.29, 0.717) is 23.6 Å². The molecule has 0 bridgehead atoms. The van der Waals surface area contributed by atoms with E-state index in [-0.39, 0.29) is 17.8 Å². The minimum Gasteiger partial charge on any atom is -0.335 e. The van der Waals surface area contributed by atoms with Crippen LogP contribution in [0, 0.1) is 5.82 Å². The van der Waals surface area contributed by atoms with Crippen LogP contribution in [0.3, 0.4) is 0 Å². The van der Waals surface area contributed by atoms with Crippen LogP contribution >= 0.6 is 11.6 Å². The second-order valence-electron chi connectivity index (χ2n) is 5.65. The quantitative estimate of drug-likeness (QED) is 0.809. The summed E-state index contributed by atoms with van der Waals surface area (Å²) >= 11 is 5.86. The largest absolute Gasteiger partial charge is 0.335 e. The van der Waals surface area contributed by atoms with Crippen LogP contribution in [0.25, 0.3) is 0 Å². The Hall–Kier alpha value is -1.87. The Morgan fingerprint density at radius 2 is 1.82 bits per heavy atom. The molecule has 22 heavy (non-hydrogen) atoms. The average Bonchev–Trinajstić information content (AvgIpc) is 3.33. The summed E-state index contributed by atoms with van der Waals surface area (Å²) in [5.41, 5.74) is 1.49. The Bertz CT molecular complexity index is 667. The van der Waals surface area contributed by atoms with Crippen molar-refractivity contribution in [3.8, 4) is 0 Å². The fourth-order valence-electron chi connectivity index (χ4n) is 2.50. The van der Waals surface area contributed by atoms with E-state index < -0.39 is 0 Å². The molecule has 0 atom stereocenters. The van der Waals surface area contributed by atoms with Crippen molar-refractivity contribution in [2.75, 3.05) is 0 Å². The van der Waals surface area contributed by atoms with Crippen molar-refractivity contribution in [1.82, 2.24) is 4.90 Å². The van der Waals surface area contributed by atoms with Gasteiger partial charge < -0.3 is 4.90 Å². The highest BCUT2D eigenvalue weighted by Crippen LogP contribution is 2.29. The zero-order chi connectivity index (χ0) is 15.5. The van der Waals surface area contributed by atoms with Gasteiger partial charge in [0.25, 0.3) is 0 Å². The number of hydrogen-bond acceptors (Lipinski definition) is 1. The molecule has 4 heteroatoms. The third-order valence-electron chi connectivity index (χ3n) is 3.88. The molecule has 0 unspecified atom stereocenters. The van der Waals surface area contributed by atoms with Crippen molar-refractivity contribution in [3.63, 3.8) is 0 Å². The van der Waals surface area contributed by atoms with Crippen molar-refractivity contribution < 1.29 is 9.18 Å². The second-order valence-corrected chi connectivity index (χ2v) is 6.08. The molecule has 1 aliphatic carbocycles. The first kappa shape index (κ1) is 15.0. The topological polar surface area (TPSA) is 20.3 Å². The van der Waals surface area contributed by atoms with Crippen molar-refractivity contribution >= 4 is 17.5 Å². The number of carbonyl (C=O) groups is 1. The maximum Gasteiger partial charge on any atom is 0.227 e. The molecule has 3 rings (SSSR count). The Kier molecular flexibility index (Phi) is 4.44. The molecule has 2 nitrogen and oxygen atoms in total. The van der Waals surface area contributed by atoms with E-state index >= 15 is 0 Å². The fraction of sp³-hybridized carbons (Fsp3) is 0.278.